The minimum absolute atomic E-state index is 0.0322. The van der Waals surface area contributed by atoms with Crippen LogP contribution in [-0.4, -0.2) is 83.4 Å². The van der Waals surface area contributed by atoms with Gasteiger partial charge in [-0.05, 0) is 18.2 Å². The largest absolute Gasteiger partial charge is 0.368 e. The van der Waals surface area contributed by atoms with E-state index in [4.69, 9.17) is 4.74 Å². The normalized spacial score (nSPS) is 20.3. The van der Waals surface area contributed by atoms with Crippen LogP contribution in [0.3, 0.4) is 0 Å². The number of rotatable bonds is 3. The summed E-state index contributed by atoms with van der Waals surface area (Å²) in [5.74, 6) is -0.148. The maximum Gasteiger partial charge on any atom is 0.272 e. The van der Waals surface area contributed by atoms with Crippen LogP contribution in [0.5, 0.6) is 0 Å². The van der Waals surface area contributed by atoms with Gasteiger partial charge < -0.3 is 19.4 Å². The monoisotopic (exact) mass is 383 g/mol. The zero-order valence-electron chi connectivity index (χ0n) is 16.0. The summed E-state index contributed by atoms with van der Waals surface area (Å²) in [7, 11) is 1.74. The first-order valence-corrected chi connectivity index (χ1v) is 9.61. The van der Waals surface area contributed by atoms with Crippen molar-refractivity contribution in [3.05, 3.63) is 48.3 Å². The van der Waals surface area contributed by atoms with Gasteiger partial charge in [0.2, 0.25) is 0 Å². The average molecular weight is 383 g/mol. The zero-order valence-corrected chi connectivity index (χ0v) is 16.0. The Bertz CT molecular complexity index is 829. The van der Waals surface area contributed by atoms with E-state index in [1.165, 1.54) is 5.69 Å². The summed E-state index contributed by atoms with van der Waals surface area (Å²) in [6.45, 7) is 4.02. The van der Waals surface area contributed by atoms with Crippen molar-refractivity contribution in [1.29, 1.82) is 0 Å². The van der Waals surface area contributed by atoms with Crippen molar-refractivity contribution in [3.8, 4) is 0 Å². The second kappa shape index (κ2) is 8.02. The number of carbonyl (C=O) groups excluding carboxylic acids is 2. The Labute approximate surface area is 164 Å². The van der Waals surface area contributed by atoms with Crippen molar-refractivity contribution >= 4 is 17.5 Å². The average Bonchev–Trinajstić information content (AvgIpc) is 3.19. The van der Waals surface area contributed by atoms with Gasteiger partial charge in [0.05, 0.1) is 13.2 Å². The molecule has 28 heavy (non-hydrogen) atoms. The fourth-order valence-electron chi connectivity index (χ4n) is 3.76. The van der Waals surface area contributed by atoms with Gasteiger partial charge in [-0.25, -0.2) is 0 Å². The molecule has 2 aromatic rings. The van der Waals surface area contributed by atoms with Crippen molar-refractivity contribution in [3.63, 3.8) is 0 Å². The Morgan fingerprint density at radius 3 is 2.43 bits per heavy atom. The third-order valence-electron chi connectivity index (χ3n) is 5.38. The first-order chi connectivity index (χ1) is 13.6. The topological polar surface area (TPSA) is 70.9 Å². The molecule has 0 bridgehead atoms. The molecule has 1 atom stereocenters. The highest BCUT2D eigenvalue weighted by Crippen LogP contribution is 2.18. The van der Waals surface area contributed by atoms with Crippen molar-refractivity contribution < 1.29 is 14.3 Å². The third-order valence-corrected chi connectivity index (χ3v) is 5.38. The van der Waals surface area contributed by atoms with Gasteiger partial charge in [-0.3, -0.25) is 14.3 Å². The minimum Gasteiger partial charge on any atom is -0.368 e. The molecule has 8 heteroatoms. The number of morpholine rings is 1. The Morgan fingerprint density at radius 1 is 1.00 bits per heavy atom. The number of para-hydroxylation sites is 1. The van der Waals surface area contributed by atoms with Crippen LogP contribution >= 0.6 is 0 Å². The molecule has 0 unspecified atom stereocenters. The van der Waals surface area contributed by atoms with Gasteiger partial charge in [-0.15, -0.1) is 0 Å². The van der Waals surface area contributed by atoms with Crippen molar-refractivity contribution in [2.45, 2.75) is 6.10 Å². The summed E-state index contributed by atoms with van der Waals surface area (Å²) in [6.07, 6.45) is 0.997. The zero-order chi connectivity index (χ0) is 19.5. The molecule has 2 fully saturated rings. The van der Waals surface area contributed by atoms with Crippen molar-refractivity contribution in [1.82, 2.24) is 19.6 Å². The van der Waals surface area contributed by atoms with E-state index in [1.54, 1.807) is 28.9 Å². The van der Waals surface area contributed by atoms with Crippen LogP contribution in [0, 0.1) is 0 Å². The third kappa shape index (κ3) is 3.73. The summed E-state index contributed by atoms with van der Waals surface area (Å²) in [5.41, 5.74) is 1.70. The molecule has 148 valence electrons. The van der Waals surface area contributed by atoms with E-state index in [0.717, 1.165) is 13.1 Å². The number of amides is 2. The predicted octanol–water partition coefficient (Wildman–Crippen LogP) is 0.610. The SMILES string of the molecule is Cn1nccc1C(=O)N1CCO[C@H](C(=O)N2CCN(c3ccccc3)CC2)C1. The van der Waals surface area contributed by atoms with Gasteiger partial charge in [0.1, 0.15) is 5.69 Å². The van der Waals surface area contributed by atoms with Gasteiger partial charge >= 0.3 is 0 Å². The smallest absolute Gasteiger partial charge is 0.272 e. The molecule has 2 saturated heterocycles. The Balaban J connectivity index is 1.35. The number of benzene rings is 1. The van der Waals surface area contributed by atoms with Crippen LogP contribution in [0.25, 0.3) is 0 Å². The first kappa shape index (κ1) is 18.5. The highest BCUT2D eigenvalue weighted by molar-refractivity contribution is 5.93. The first-order valence-electron chi connectivity index (χ1n) is 9.61. The molecule has 4 rings (SSSR count). The van der Waals surface area contributed by atoms with Gasteiger partial charge in [0, 0.05) is 51.7 Å². The molecule has 0 aliphatic carbocycles. The predicted molar refractivity (Wildman–Crippen MR) is 104 cm³/mol. The molecule has 0 saturated carbocycles. The van der Waals surface area contributed by atoms with E-state index >= 15 is 0 Å². The molecule has 0 N–H and O–H groups in total. The molecule has 3 heterocycles. The van der Waals surface area contributed by atoms with Gasteiger partial charge in [-0.2, -0.15) is 5.10 Å². The molecule has 8 nitrogen and oxygen atoms in total. The summed E-state index contributed by atoms with van der Waals surface area (Å²) < 4.78 is 7.26. The fourth-order valence-corrected chi connectivity index (χ4v) is 3.76. The summed E-state index contributed by atoms with van der Waals surface area (Å²) in [6, 6.07) is 11.9. The standard InChI is InChI=1S/C20H25N5O3/c1-22-17(7-8-21-22)19(26)25-13-14-28-18(15-25)20(27)24-11-9-23(10-12-24)16-5-3-2-4-6-16/h2-8,18H,9-15H2,1H3/t18-/m0/s1. The lowest BCUT2D eigenvalue weighted by molar-refractivity contribution is -0.148. The van der Waals surface area contributed by atoms with Crippen LogP contribution in [0.4, 0.5) is 5.69 Å². The maximum atomic E-state index is 12.9. The van der Waals surface area contributed by atoms with Crippen molar-refractivity contribution in [2.75, 3.05) is 50.8 Å². The number of hydrogen-bond donors (Lipinski definition) is 0. The number of aryl methyl sites for hydroxylation is 1. The van der Waals surface area contributed by atoms with Crippen LogP contribution in [0.1, 0.15) is 10.5 Å². The highest BCUT2D eigenvalue weighted by atomic mass is 16.5. The molecule has 0 spiro atoms. The van der Waals surface area contributed by atoms with Gasteiger partial charge in [0.25, 0.3) is 11.8 Å². The van der Waals surface area contributed by atoms with Gasteiger partial charge in [-0.1, -0.05) is 18.2 Å². The quantitative estimate of drug-likeness (QED) is 0.777. The molecule has 2 amide bonds. The minimum atomic E-state index is -0.603. The maximum absolute atomic E-state index is 12.9. The molecule has 1 aromatic carbocycles. The molecular formula is C20H25N5O3. The number of anilines is 1. The van der Waals surface area contributed by atoms with E-state index in [0.29, 0.717) is 31.9 Å². The lowest BCUT2D eigenvalue weighted by atomic mass is 10.2. The number of ether oxygens (including phenoxy) is 1. The van der Waals surface area contributed by atoms with Crippen LogP contribution in [0.15, 0.2) is 42.6 Å². The molecule has 2 aliphatic rings. The van der Waals surface area contributed by atoms with E-state index in [2.05, 4.69) is 22.1 Å². The van der Waals surface area contributed by atoms with E-state index in [-0.39, 0.29) is 18.4 Å². The summed E-state index contributed by atoms with van der Waals surface area (Å²) in [5, 5.41) is 4.05. The van der Waals surface area contributed by atoms with E-state index < -0.39 is 6.10 Å². The molecule has 1 aromatic heterocycles. The lowest BCUT2D eigenvalue weighted by Crippen LogP contribution is -2.56. The van der Waals surface area contributed by atoms with E-state index in [9.17, 15) is 9.59 Å². The van der Waals surface area contributed by atoms with Crippen molar-refractivity contribution in [2.24, 2.45) is 7.05 Å². The molecule has 0 radical (unpaired) electrons. The fraction of sp³-hybridized carbons (Fsp3) is 0.450. The Morgan fingerprint density at radius 2 is 1.75 bits per heavy atom. The number of aromatic nitrogens is 2. The highest BCUT2D eigenvalue weighted by Gasteiger charge is 2.34. The lowest BCUT2D eigenvalue weighted by Gasteiger charge is -2.39. The molecule has 2 aliphatic heterocycles. The van der Waals surface area contributed by atoms with Crippen LogP contribution < -0.4 is 4.90 Å². The van der Waals surface area contributed by atoms with E-state index in [1.807, 2.05) is 23.1 Å². The second-order valence-corrected chi connectivity index (χ2v) is 7.10. The molecular weight excluding hydrogens is 358 g/mol. The van der Waals surface area contributed by atoms with Crippen LogP contribution in [-0.2, 0) is 16.6 Å². The number of carbonyl (C=O) groups is 2. The number of piperazine rings is 1. The number of nitrogens with zero attached hydrogens (tertiary/aromatic N) is 5. The Hall–Kier alpha value is -2.87. The van der Waals surface area contributed by atoms with Crippen LogP contribution in [0.2, 0.25) is 0 Å². The van der Waals surface area contributed by atoms with Gasteiger partial charge in [0.15, 0.2) is 6.10 Å². The Kier molecular flexibility index (Phi) is 5.29. The summed E-state index contributed by atoms with van der Waals surface area (Å²) in [4.78, 5) is 31.5. The number of hydrogen-bond acceptors (Lipinski definition) is 5. The summed E-state index contributed by atoms with van der Waals surface area (Å²) >= 11 is 0. The second-order valence-electron chi connectivity index (χ2n) is 7.10.